The number of amides is 2. The van der Waals surface area contributed by atoms with Crippen LogP contribution >= 0.6 is 0 Å². The van der Waals surface area contributed by atoms with E-state index >= 15 is 0 Å². The normalized spacial score (nSPS) is 11.2. The second kappa shape index (κ2) is 7.69. The average Bonchev–Trinajstić information content (AvgIpc) is 2.65. The van der Waals surface area contributed by atoms with E-state index in [0.29, 0.717) is 11.4 Å². The molecule has 0 atom stereocenters. The highest BCUT2D eigenvalue weighted by Gasteiger charge is 2.26. The van der Waals surface area contributed by atoms with E-state index in [0.717, 1.165) is 15.1 Å². The molecule has 7 nitrogen and oxygen atoms in total. The van der Waals surface area contributed by atoms with E-state index in [1.807, 2.05) is 24.3 Å². The van der Waals surface area contributed by atoms with Crippen LogP contribution < -0.4 is 15.4 Å². The molecule has 0 aliphatic rings. The zero-order valence-corrected chi connectivity index (χ0v) is 15.9. The first kappa shape index (κ1) is 19.4. The van der Waals surface area contributed by atoms with Crippen molar-refractivity contribution in [2.24, 2.45) is 5.73 Å². The highest BCUT2D eigenvalue weighted by molar-refractivity contribution is 7.92. The van der Waals surface area contributed by atoms with Gasteiger partial charge in [-0.1, -0.05) is 30.3 Å². The van der Waals surface area contributed by atoms with Gasteiger partial charge in [0.2, 0.25) is 11.8 Å². The van der Waals surface area contributed by atoms with Gasteiger partial charge in [-0.15, -0.1) is 0 Å². The number of hydrogen-bond donors (Lipinski definition) is 2. The lowest BCUT2D eigenvalue weighted by Gasteiger charge is -2.23. The summed E-state index contributed by atoms with van der Waals surface area (Å²) in [5.41, 5.74) is 6.11. The van der Waals surface area contributed by atoms with Crippen LogP contribution in [0, 0.1) is 0 Å². The van der Waals surface area contributed by atoms with E-state index in [1.54, 1.807) is 18.2 Å². The highest BCUT2D eigenvalue weighted by Crippen LogP contribution is 2.27. The average molecular weight is 397 g/mol. The fourth-order valence-corrected chi connectivity index (χ4v) is 4.25. The summed E-state index contributed by atoms with van der Waals surface area (Å²) in [4.78, 5) is 22.7. The molecule has 0 aliphatic carbocycles. The van der Waals surface area contributed by atoms with Gasteiger partial charge in [-0.3, -0.25) is 13.9 Å². The van der Waals surface area contributed by atoms with Crippen molar-refractivity contribution in [3.05, 3.63) is 66.7 Å². The van der Waals surface area contributed by atoms with Gasteiger partial charge >= 0.3 is 0 Å². The molecule has 2 amide bonds. The van der Waals surface area contributed by atoms with Crippen LogP contribution in [0.4, 0.5) is 11.4 Å². The molecule has 0 bridgehead atoms. The minimum absolute atomic E-state index is 0.0176. The molecule has 0 radical (unpaired) electrons. The van der Waals surface area contributed by atoms with Crippen LogP contribution in [0.25, 0.3) is 10.8 Å². The number of anilines is 2. The minimum atomic E-state index is -4.04. The van der Waals surface area contributed by atoms with Crippen LogP contribution in [-0.2, 0) is 19.6 Å². The van der Waals surface area contributed by atoms with Crippen molar-refractivity contribution in [3.63, 3.8) is 0 Å². The predicted octanol–water partition coefficient (Wildman–Crippen LogP) is 2.48. The first-order chi connectivity index (χ1) is 13.3. The summed E-state index contributed by atoms with van der Waals surface area (Å²) >= 11 is 0. The number of sulfonamides is 1. The van der Waals surface area contributed by atoms with Gasteiger partial charge in [-0.2, -0.15) is 0 Å². The van der Waals surface area contributed by atoms with Crippen LogP contribution in [0.2, 0.25) is 0 Å². The van der Waals surface area contributed by atoms with E-state index in [4.69, 9.17) is 5.73 Å². The number of benzene rings is 3. The van der Waals surface area contributed by atoms with Crippen molar-refractivity contribution < 1.29 is 18.0 Å². The SMILES string of the molecule is CC(=O)Nc1ccc(S(=O)(=O)N(CC(N)=O)c2ccc3ccccc3c2)cc1. The maximum Gasteiger partial charge on any atom is 0.264 e. The molecule has 3 rings (SSSR count). The Kier molecular flexibility index (Phi) is 5.32. The van der Waals surface area contributed by atoms with Gasteiger partial charge in [0.25, 0.3) is 10.0 Å². The van der Waals surface area contributed by atoms with Crippen LogP contribution in [-0.4, -0.2) is 26.8 Å². The summed E-state index contributed by atoms with van der Waals surface area (Å²) in [7, 11) is -4.04. The predicted molar refractivity (Wildman–Crippen MR) is 108 cm³/mol. The summed E-state index contributed by atoms with van der Waals surface area (Å²) in [6.07, 6.45) is 0. The molecule has 0 unspecified atom stereocenters. The molecule has 3 N–H and O–H groups in total. The smallest absolute Gasteiger partial charge is 0.264 e. The van der Waals surface area contributed by atoms with Gasteiger partial charge < -0.3 is 11.1 Å². The minimum Gasteiger partial charge on any atom is -0.368 e. The van der Waals surface area contributed by atoms with Crippen molar-refractivity contribution in [3.8, 4) is 0 Å². The lowest BCUT2D eigenvalue weighted by atomic mass is 10.1. The van der Waals surface area contributed by atoms with Crippen molar-refractivity contribution in [2.45, 2.75) is 11.8 Å². The number of rotatable bonds is 6. The Morgan fingerprint density at radius 3 is 2.21 bits per heavy atom. The van der Waals surface area contributed by atoms with E-state index in [-0.39, 0.29) is 10.8 Å². The number of carbonyl (C=O) groups is 2. The highest BCUT2D eigenvalue weighted by atomic mass is 32.2. The fourth-order valence-electron chi connectivity index (χ4n) is 2.83. The number of carbonyl (C=O) groups excluding carboxylic acids is 2. The molecule has 0 saturated heterocycles. The third-order valence-electron chi connectivity index (χ3n) is 4.08. The number of hydrogen-bond acceptors (Lipinski definition) is 4. The number of fused-ring (bicyclic) bond motifs is 1. The lowest BCUT2D eigenvalue weighted by Crippen LogP contribution is -2.38. The van der Waals surface area contributed by atoms with E-state index in [1.165, 1.54) is 31.2 Å². The quantitative estimate of drug-likeness (QED) is 0.666. The first-order valence-electron chi connectivity index (χ1n) is 8.45. The largest absolute Gasteiger partial charge is 0.368 e. The van der Waals surface area contributed by atoms with Crippen molar-refractivity contribution in [1.29, 1.82) is 0 Å². The Morgan fingerprint density at radius 2 is 1.61 bits per heavy atom. The summed E-state index contributed by atoms with van der Waals surface area (Å²) in [5.74, 6) is -1.03. The molecule has 0 heterocycles. The molecule has 0 aromatic heterocycles. The van der Waals surface area contributed by atoms with Crippen molar-refractivity contribution >= 4 is 44.0 Å². The molecule has 0 aliphatic heterocycles. The van der Waals surface area contributed by atoms with Crippen molar-refractivity contribution in [1.82, 2.24) is 0 Å². The summed E-state index contributed by atoms with van der Waals surface area (Å²) in [5, 5.41) is 4.36. The topological polar surface area (TPSA) is 110 Å². The van der Waals surface area contributed by atoms with Crippen LogP contribution in [0.15, 0.2) is 71.6 Å². The maximum absolute atomic E-state index is 13.2. The maximum atomic E-state index is 13.2. The standard InChI is InChI=1S/C20H19N3O4S/c1-14(24)22-17-7-10-19(11-8-17)28(26,27)23(13-20(21)25)18-9-6-15-4-2-3-5-16(15)12-18/h2-12H,13H2,1H3,(H2,21,25)(H,22,24). The number of primary amides is 1. The van der Waals surface area contributed by atoms with Gasteiger partial charge in [0.1, 0.15) is 6.54 Å². The van der Waals surface area contributed by atoms with Crippen LogP contribution in [0.1, 0.15) is 6.92 Å². The molecule has 8 heteroatoms. The van der Waals surface area contributed by atoms with Gasteiger partial charge in [0.05, 0.1) is 10.6 Å². The number of nitrogens with zero attached hydrogens (tertiary/aromatic N) is 1. The monoisotopic (exact) mass is 397 g/mol. The molecular weight excluding hydrogens is 378 g/mol. The van der Waals surface area contributed by atoms with Gasteiger partial charge in [0, 0.05) is 12.6 Å². The second-order valence-electron chi connectivity index (χ2n) is 6.22. The molecule has 3 aromatic rings. The van der Waals surface area contributed by atoms with Crippen LogP contribution in [0.5, 0.6) is 0 Å². The van der Waals surface area contributed by atoms with Gasteiger partial charge in [0.15, 0.2) is 0 Å². The van der Waals surface area contributed by atoms with E-state index < -0.39 is 22.5 Å². The first-order valence-corrected chi connectivity index (χ1v) is 9.89. The zero-order valence-electron chi connectivity index (χ0n) is 15.1. The lowest BCUT2D eigenvalue weighted by molar-refractivity contribution is -0.116. The molecular formula is C20H19N3O4S. The Balaban J connectivity index is 2.04. The van der Waals surface area contributed by atoms with E-state index in [9.17, 15) is 18.0 Å². The molecule has 144 valence electrons. The number of nitrogens with one attached hydrogen (secondary N) is 1. The fraction of sp³-hybridized carbons (Fsp3) is 0.100. The summed E-state index contributed by atoms with van der Waals surface area (Å²) < 4.78 is 27.3. The molecule has 28 heavy (non-hydrogen) atoms. The van der Waals surface area contributed by atoms with Gasteiger partial charge in [-0.05, 0) is 47.2 Å². The third-order valence-corrected chi connectivity index (χ3v) is 5.87. The molecule has 3 aromatic carbocycles. The van der Waals surface area contributed by atoms with Crippen LogP contribution in [0.3, 0.4) is 0 Å². The Bertz CT molecular complexity index is 1140. The summed E-state index contributed by atoms with van der Waals surface area (Å²) in [6.45, 7) is 0.868. The molecule has 0 fully saturated rings. The van der Waals surface area contributed by atoms with Gasteiger partial charge in [-0.25, -0.2) is 8.42 Å². The number of nitrogens with two attached hydrogens (primary N) is 1. The van der Waals surface area contributed by atoms with E-state index in [2.05, 4.69) is 5.32 Å². The Hall–Kier alpha value is -3.39. The zero-order chi connectivity index (χ0) is 20.3. The summed E-state index contributed by atoms with van der Waals surface area (Å²) in [6, 6.07) is 18.3. The Labute approximate surface area is 162 Å². The molecule has 0 spiro atoms. The van der Waals surface area contributed by atoms with Crippen molar-refractivity contribution in [2.75, 3.05) is 16.2 Å². The third kappa shape index (κ3) is 4.12. The second-order valence-corrected chi connectivity index (χ2v) is 8.08. The molecule has 0 saturated carbocycles. The Morgan fingerprint density at radius 1 is 0.964 bits per heavy atom.